The third-order valence-electron chi connectivity index (χ3n) is 2.46. The molecule has 0 aromatic heterocycles. The molecule has 0 aliphatic heterocycles. The molecule has 0 saturated heterocycles. The number of ether oxygens (including phenoxy) is 1. The largest absolute Gasteiger partial charge is 0.393 e. The van der Waals surface area contributed by atoms with E-state index >= 15 is 0 Å². The fourth-order valence-corrected chi connectivity index (χ4v) is 0.955. The first-order chi connectivity index (χ1) is 5.39. The SMILES string of the molecule is CCC(C)(C)OC(C)(CC)CO. The normalized spacial score (nSPS) is 17.5. The van der Waals surface area contributed by atoms with Crippen LogP contribution in [0.15, 0.2) is 0 Å². The summed E-state index contributed by atoms with van der Waals surface area (Å²) in [6, 6.07) is 0. The fourth-order valence-electron chi connectivity index (χ4n) is 0.955. The molecule has 12 heavy (non-hydrogen) atoms. The van der Waals surface area contributed by atoms with Crippen LogP contribution >= 0.6 is 0 Å². The van der Waals surface area contributed by atoms with Crippen LogP contribution in [0.5, 0.6) is 0 Å². The monoisotopic (exact) mass is 174 g/mol. The average Bonchev–Trinajstić information content (AvgIpc) is 2.04. The van der Waals surface area contributed by atoms with Crippen molar-refractivity contribution >= 4 is 0 Å². The van der Waals surface area contributed by atoms with Gasteiger partial charge in [0.15, 0.2) is 0 Å². The van der Waals surface area contributed by atoms with E-state index in [0.717, 1.165) is 12.8 Å². The molecule has 0 rings (SSSR count). The Bertz CT molecular complexity index is 126. The van der Waals surface area contributed by atoms with Crippen molar-refractivity contribution in [3.8, 4) is 0 Å². The predicted octanol–water partition coefficient (Wildman–Crippen LogP) is 2.35. The van der Waals surface area contributed by atoms with Crippen molar-refractivity contribution in [2.75, 3.05) is 6.61 Å². The first kappa shape index (κ1) is 11.9. The number of aliphatic hydroxyl groups excluding tert-OH is 1. The van der Waals surface area contributed by atoms with Gasteiger partial charge in [0, 0.05) is 0 Å². The van der Waals surface area contributed by atoms with E-state index in [1.807, 2.05) is 13.8 Å². The van der Waals surface area contributed by atoms with E-state index < -0.39 is 0 Å². The quantitative estimate of drug-likeness (QED) is 0.693. The Kier molecular flexibility index (Phi) is 4.21. The van der Waals surface area contributed by atoms with E-state index in [2.05, 4.69) is 20.8 Å². The molecule has 0 aliphatic carbocycles. The highest BCUT2D eigenvalue weighted by atomic mass is 16.5. The number of rotatable bonds is 5. The van der Waals surface area contributed by atoms with Crippen LogP contribution in [0.2, 0.25) is 0 Å². The van der Waals surface area contributed by atoms with Crippen molar-refractivity contribution in [3.63, 3.8) is 0 Å². The molecule has 0 fully saturated rings. The average molecular weight is 174 g/mol. The van der Waals surface area contributed by atoms with E-state index in [-0.39, 0.29) is 17.8 Å². The second kappa shape index (κ2) is 4.24. The standard InChI is InChI=1S/C10H22O2/c1-6-9(3,4)12-10(5,7-2)8-11/h11H,6-8H2,1-5H3. The lowest BCUT2D eigenvalue weighted by Gasteiger charge is -2.36. The summed E-state index contributed by atoms with van der Waals surface area (Å²) in [5.41, 5.74) is -0.507. The lowest BCUT2D eigenvalue weighted by molar-refractivity contribution is -0.153. The molecule has 0 heterocycles. The second-order valence-corrected chi connectivity index (χ2v) is 4.18. The highest BCUT2D eigenvalue weighted by molar-refractivity contribution is 4.78. The Morgan fingerprint density at radius 1 is 1.08 bits per heavy atom. The van der Waals surface area contributed by atoms with Crippen LogP contribution in [0.3, 0.4) is 0 Å². The molecule has 0 amide bonds. The molecule has 1 unspecified atom stereocenters. The molecule has 2 heteroatoms. The van der Waals surface area contributed by atoms with Crippen molar-refractivity contribution in [2.24, 2.45) is 0 Å². The smallest absolute Gasteiger partial charge is 0.0888 e. The van der Waals surface area contributed by atoms with E-state index in [1.54, 1.807) is 0 Å². The summed E-state index contributed by atoms with van der Waals surface area (Å²) in [6.07, 6.45) is 1.80. The van der Waals surface area contributed by atoms with E-state index in [4.69, 9.17) is 9.84 Å². The molecule has 1 atom stereocenters. The predicted molar refractivity (Wildman–Crippen MR) is 51.2 cm³/mol. The first-order valence-corrected chi connectivity index (χ1v) is 4.70. The zero-order valence-electron chi connectivity index (χ0n) is 8.98. The molecule has 0 spiro atoms. The first-order valence-electron chi connectivity index (χ1n) is 4.70. The lowest BCUT2D eigenvalue weighted by Crippen LogP contribution is -2.41. The van der Waals surface area contributed by atoms with Gasteiger partial charge in [-0.2, -0.15) is 0 Å². The molecule has 1 N–H and O–H groups in total. The Balaban J connectivity index is 4.20. The Labute approximate surface area is 75.9 Å². The van der Waals surface area contributed by atoms with E-state index in [0.29, 0.717) is 0 Å². The van der Waals surface area contributed by atoms with Gasteiger partial charge in [-0.1, -0.05) is 13.8 Å². The van der Waals surface area contributed by atoms with Gasteiger partial charge in [-0.05, 0) is 33.6 Å². The maximum Gasteiger partial charge on any atom is 0.0888 e. The van der Waals surface area contributed by atoms with Crippen molar-refractivity contribution in [3.05, 3.63) is 0 Å². The highest BCUT2D eigenvalue weighted by Crippen LogP contribution is 2.25. The lowest BCUT2D eigenvalue weighted by atomic mass is 10.0. The minimum absolute atomic E-state index is 0.0902. The van der Waals surface area contributed by atoms with Crippen LogP contribution < -0.4 is 0 Å². The third kappa shape index (κ3) is 3.55. The minimum Gasteiger partial charge on any atom is -0.393 e. The van der Waals surface area contributed by atoms with Gasteiger partial charge < -0.3 is 9.84 Å². The molecule has 0 aromatic rings. The fraction of sp³-hybridized carbons (Fsp3) is 1.00. The van der Waals surface area contributed by atoms with Gasteiger partial charge in [0.2, 0.25) is 0 Å². The third-order valence-corrected chi connectivity index (χ3v) is 2.46. The van der Waals surface area contributed by atoms with Crippen LogP contribution in [-0.4, -0.2) is 22.9 Å². The number of hydrogen-bond acceptors (Lipinski definition) is 2. The summed E-state index contributed by atoms with van der Waals surface area (Å²) in [5.74, 6) is 0. The number of hydrogen-bond donors (Lipinski definition) is 1. The van der Waals surface area contributed by atoms with Crippen LogP contribution in [0.1, 0.15) is 47.5 Å². The molecular formula is C10H22O2. The van der Waals surface area contributed by atoms with Gasteiger partial charge in [-0.15, -0.1) is 0 Å². The Morgan fingerprint density at radius 3 is 1.83 bits per heavy atom. The van der Waals surface area contributed by atoms with Crippen molar-refractivity contribution in [1.29, 1.82) is 0 Å². The van der Waals surface area contributed by atoms with Crippen LogP contribution in [0.25, 0.3) is 0 Å². The molecule has 74 valence electrons. The molecule has 0 bridgehead atoms. The maximum atomic E-state index is 9.12. The van der Waals surface area contributed by atoms with E-state index in [9.17, 15) is 0 Å². The summed E-state index contributed by atoms with van der Waals surface area (Å²) in [4.78, 5) is 0. The summed E-state index contributed by atoms with van der Waals surface area (Å²) in [5, 5.41) is 9.12. The van der Waals surface area contributed by atoms with E-state index in [1.165, 1.54) is 0 Å². The minimum atomic E-state index is -0.375. The molecular weight excluding hydrogens is 152 g/mol. The van der Waals surface area contributed by atoms with Gasteiger partial charge in [0.1, 0.15) is 0 Å². The second-order valence-electron chi connectivity index (χ2n) is 4.18. The summed E-state index contributed by atoms with van der Waals surface area (Å²) in [7, 11) is 0. The van der Waals surface area contributed by atoms with Crippen molar-refractivity contribution < 1.29 is 9.84 Å². The molecule has 0 radical (unpaired) electrons. The molecule has 0 aliphatic rings. The highest BCUT2D eigenvalue weighted by Gasteiger charge is 2.29. The van der Waals surface area contributed by atoms with Gasteiger partial charge in [0.25, 0.3) is 0 Å². The van der Waals surface area contributed by atoms with Crippen LogP contribution in [-0.2, 0) is 4.74 Å². The topological polar surface area (TPSA) is 29.5 Å². The number of aliphatic hydroxyl groups is 1. The molecule has 2 nitrogen and oxygen atoms in total. The molecule has 0 aromatic carbocycles. The Morgan fingerprint density at radius 2 is 1.58 bits per heavy atom. The van der Waals surface area contributed by atoms with Crippen molar-refractivity contribution in [1.82, 2.24) is 0 Å². The Hall–Kier alpha value is -0.0800. The van der Waals surface area contributed by atoms with Gasteiger partial charge >= 0.3 is 0 Å². The van der Waals surface area contributed by atoms with Crippen molar-refractivity contribution in [2.45, 2.75) is 58.7 Å². The van der Waals surface area contributed by atoms with Gasteiger partial charge in [-0.25, -0.2) is 0 Å². The zero-order chi connectivity index (χ0) is 9.83. The zero-order valence-corrected chi connectivity index (χ0v) is 8.98. The summed E-state index contributed by atoms with van der Waals surface area (Å²) >= 11 is 0. The van der Waals surface area contributed by atoms with Gasteiger partial charge in [0.05, 0.1) is 17.8 Å². The maximum absolute atomic E-state index is 9.12. The summed E-state index contributed by atoms with van der Waals surface area (Å²) < 4.78 is 5.82. The molecule has 0 saturated carbocycles. The summed E-state index contributed by atoms with van der Waals surface area (Å²) in [6.45, 7) is 10.3. The van der Waals surface area contributed by atoms with Crippen LogP contribution in [0.4, 0.5) is 0 Å². The van der Waals surface area contributed by atoms with Crippen LogP contribution in [0, 0.1) is 0 Å². The van der Waals surface area contributed by atoms with Gasteiger partial charge in [-0.3, -0.25) is 0 Å².